The van der Waals surface area contributed by atoms with E-state index in [1.54, 1.807) is 0 Å². The molecule has 0 spiro atoms. The monoisotopic (exact) mass is 879 g/mol. The summed E-state index contributed by atoms with van der Waals surface area (Å²) in [6, 6.07) is -6.60. The summed E-state index contributed by atoms with van der Waals surface area (Å²) in [6.07, 6.45) is 14.4. The number of carboxylic acids is 1. The Labute approximate surface area is 347 Å². The number of unbranched alkanes of at least 4 members (excludes halogenated alkanes) is 12. The molecule has 0 bridgehead atoms. The molecule has 21 heteroatoms. The Bertz CT molecular complexity index is 1200. The highest BCUT2D eigenvalue weighted by Crippen LogP contribution is 2.26. The molecule has 5 amide bonds. The zero-order valence-electron chi connectivity index (χ0n) is 32.0. The van der Waals surface area contributed by atoms with E-state index in [4.69, 9.17) is 50.0 Å². The van der Waals surface area contributed by atoms with Gasteiger partial charge in [-0.15, -0.1) is 0 Å². The number of carbonyl (C=O) groups excluding carboxylic acids is 6. The normalized spacial score (nSPS) is 13.4. The fourth-order valence-electron chi connectivity index (χ4n) is 5.03. The molecule has 4 atom stereocenters. The maximum absolute atomic E-state index is 13.2. The third kappa shape index (κ3) is 28.6. The molecule has 0 radical (unpaired) electrons. The van der Waals surface area contributed by atoms with E-state index < -0.39 is 89.9 Å². The number of ether oxygens (including phenoxy) is 2. The van der Waals surface area contributed by atoms with Crippen LogP contribution in [0.15, 0.2) is 0 Å². The average molecular weight is 881 g/mol. The van der Waals surface area contributed by atoms with Crippen molar-refractivity contribution in [1.82, 2.24) is 21.3 Å². The second-order valence-corrected chi connectivity index (χ2v) is 16.8. The number of esters is 1. The van der Waals surface area contributed by atoms with Crippen LogP contribution in [-0.2, 0) is 38.2 Å². The van der Waals surface area contributed by atoms with Crippen molar-refractivity contribution in [2.45, 2.75) is 138 Å². The van der Waals surface area contributed by atoms with E-state index in [9.17, 15) is 48.9 Å². The summed E-state index contributed by atoms with van der Waals surface area (Å²) in [5.41, 5.74) is 4.99. The van der Waals surface area contributed by atoms with Crippen LogP contribution in [-0.4, -0.2) is 123 Å². The summed E-state index contributed by atoms with van der Waals surface area (Å²) in [5, 5.41) is 37.2. The zero-order chi connectivity index (χ0) is 42.4. The summed E-state index contributed by atoms with van der Waals surface area (Å²) in [6.45, 7) is -0.331. The van der Waals surface area contributed by atoms with Crippen molar-refractivity contribution in [2.24, 2.45) is 5.73 Å². The lowest BCUT2D eigenvalue weighted by atomic mass is 10.0. The molecule has 0 saturated heterocycles. The summed E-state index contributed by atoms with van der Waals surface area (Å²) in [4.78, 5) is 85.5. The van der Waals surface area contributed by atoms with Gasteiger partial charge in [0.25, 0.3) is 0 Å². The molecule has 17 nitrogen and oxygen atoms in total. The summed E-state index contributed by atoms with van der Waals surface area (Å²) in [7, 11) is 0. The van der Waals surface area contributed by atoms with Crippen LogP contribution < -0.4 is 27.0 Å². The number of thioether (sulfide) groups is 1. The van der Waals surface area contributed by atoms with Gasteiger partial charge in [-0.3, -0.25) is 24.0 Å². The number of aliphatic carboxylic acids is 1. The lowest BCUT2D eigenvalue weighted by Crippen LogP contribution is -2.60. The third-order valence-corrected chi connectivity index (χ3v) is 9.57. The van der Waals surface area contributed by atoms with Gasteiger partial charge in [0.2, 0.25) is 27.4 Å². The van der Waals surface area contributed by atoms with Crippen LogP contribution in [0, 0.1) is 0 Å². The number of aliphatic hydroxyl groups excluding tert-OH is 2. The number of nitrogens with one attached hydrogen (secondary N) is 4. The van der Waals surface area contributed by atoms with Crippen LogP contribution in [0.2, 0.25) is 0 Å². The van der Waals surface area contributed by atoms with Crippen molar-refractivity contribution in [3.05, 3.63) is 0 Å². The number of carboxylic acid groups (broad SMARTS) is 1. The van der Waals surface area contributed by atoms with Gasteiger partial charge in [-0.25, -0.2) is 9.59 Å². The largest absolute Gasteiger partial charge is 0.480 e. The maximum atomic E-state index is 13.2. The lowest BCUT2D eigenvalue weighted by molar-refractivity contribution is -0.144. The number of rotatable bonds is 33. The number of hydrogen-bond donors (Lipinski definition) is 8. The smallest absolute Gasteiger partial charge is 0.407 e. The van der Waals surface area contributed by atoms with Crippen LogP contribution in [0.4, 0.5) is 4.79 Å². The number of alkyl carbamates (subject to hydrolysis) is 1. The predicted molar refractivity (Wildman–Crippen MR) is 213 cm³/mol. The quantitative estimate of drug-likeness (QED) is 0.0268. The van der Waals surface area contributed by atoms with E-state index in [2.05, 4.69) is 22.9 Å². The molecule has 56 heavy (non-hydrogen) atoms. The number of alkyl halides is 3. The molecule has 0 aliphatic carbocycles. The number of hydrogen-bond acceptors (Lipinski definition) is 12. The first-order valence-electron chi connectivity index (χ1n) is 18.9. The van der Waals surface area contributed by atoms with Crippen molar-refractivity contribution in [1.29, 1.82) is 0 Å². The Balaban J connectivity index is 4.87. The van der Waals surface area contributed by atoms with E-state index >= 15 is 0 Å². The second-order valence-electron chi connectivity index (χ2n) is 13.1. The van der Waals surface area contributed by atoms with E-state index in [1.165, 1.54) is 69.5 Å². The molecule has 9 N–H and O–H groups in total. The average Bonchev–Trinajstić information content (AvgIpc) is 3.13. The van der Waals surface area contributed by atoms with Crippen LogP contribution >= 0.6 is 46.6 Å². The first-order valence-corrected chi connectivity index (χ1v) is 21.2. The molecule has 0 rings (SSSR count). The van der Waals surface area contributed by atoms with Crippen LogP contribution in [0.5, 0.6) is 0 Å². The van der Waals surface area contributed by atoms with Crippen LogP contribution in [0.25, 0.3) is 0 Å². The number of carbonyl (C=O) groups is 7. The topological polar surface area (TPSA) is 273 Å². The number of halogens is 3. The molecule has 324 valence electrons. The molecule has 0 aromatic rings. The van der Waals surface area contributed by atoms with Crippen molar-refractivity contribution in [3.63, 3.8) is 0 Å². The van der Waals surface area contributed by atoms with Gasteiger partial charge in [0.1, 0.15) is 30.8 Å². The Morgan fingerprint density at radius 2 is 1.12 bits per heavy atom. The van der Waals surface area contributed by atoms with Crippen molar-refractivity contribution in [3.8, 4) is 0 Å². The molecule has 0 heterocycles. The first-order chi connectivity index (χ1) is 26.5. The highest BCUT2D eigenvalue weighted by molar-refractivity contribution is 7.99. The van der Waals surface area contributed by atoms with Crippen molar-refractivity contribution >= 4 is 88.2 Å². The minimum absolute atomic E-state index is 0.0838. The van der Waals surface area contributed by atoms with Crippen LogP contribution in [0.3, 0.4) is 0 Å². The SMILES string of the molecule is CCCCCCCCCCCCCCCC(=O)OCCCSC[C@H](NC(=O)OCC(Cl)(Cl)Cl)C(=O)N[C@@H](CO)C(=O)N[C@@H](CO)C(=O)N[C@@H](CC(N)=O)C(=O)O. The molecule has 0 unspecified atom stereocenters. The first kappa shape index (κ1) is 53.2. The van der Waals surface area contributed by atoms with Gasteiger partial charge in [0.15, 0.2) is 0 Å². The Hall–Kier alpha value is -2.77. The van der Waals surface area contributed by atoms with Gasteiger partial charge in [-0.2, -0.15) is 11.8 Å². The van der Waals surface area contributed by atoms with Gasteiger partial charge in [-0.1, -0.05) is 119 Å². The second kappa shape index (κ2) is 32.2. The number of amides is 5. The highest BCUT2D eigenvalue weighted by Gasteiger charge is 2.32. The van der Waals surface area contributed by atoms with Crippen molar-refractivity contribution in [2.75, 3.05) is 37.9 Å². The van der Waals surface area contributed by atoms with Gasteiger partial charge in [-0.05, 0) is 18.6 Å². The molecule has 0 saturated carbocycles. The van der Waals surface area contributed by atoms with Gasteiger partial charge >= 0.3 is 18.0 Å². The van der Waals surface area contributed by atoms with E-state index in [0.29, 0.717) is 18.6 Å². The van der Waals surface area contributed by atoms with E-state index in [-0.39, 0.29) is 18.3 Å². The molecular formula is C35H60Cl3N5O12S. The van der Waals surface area contributed by atoms with E-state index in [0.717, 1.165) is 25.7 Å². The fraction of sp³-hybridized carbons (Fsp3) is 0.800. The molecule has 0 aliphatic rings. The molecule has 0 aromatic heterocycles. The third-order valence-electron chi connectivity index (χ3n) is 8.09. The highest BCUT2D eigenvalue weighted by atomic mass is 35.6. The zero-order valence-corrected chi connectivity index (χ0v) is 35.1. The van der Waals surface area contributed by atoms with Gasteiger partial charge in [0.05, 0.1) is 26.2 Å². The lowest BCUT2D eigenvalue weighted by Gasteiger charge is -2.24. The standard InChI is InChI=1S/C35H60Cl3N5O12S/c1-2-3-4-5-6-7-8-9-10-11-12-13-14-16-29(47)54-17-15-18-56-22-27(43-34(53)55-23-35(36,37)38)32(50)42-26(21-45)31(49)41-25(20-44)30(48)40-24(33(51)52)19-28(39)46/h24-27,44-45H,2-23H2,1H3,(H2,39,46)(H,40,48)(H,41,49)(H,42,50)(H,43,53)(H,51,52)/t24-,25-,26-,27-/m0/s1. The summed E-state index contributed by atoms with van der Waals surface area (Å²) < 4.78 is 8.18. The Kier molecular flexibility index (Phi) is 30.6. The van der Waals surface area contributed by atoms with Crippen LogP contribution in [0.1, 0.15) is 110 Å². The Morgan fingerprint density at radius 1 is 0.661 bits per heavy atom. The number of aliphatic hydroxyl groups is 2. The minimum Gasteiger partial charge on any atom is -0.480 e. The Morgan fingerprint density at radius 3 is 1.57 bits per heavy atom. The predicted octanol–water partition coefficient (Wildman–Crippen LogP) is 3.00. The van der Waals surface area contributed by atoms with Gasteiger partial charge < -0.3 is 51.8 Å². The van der Waals surface area contributed by atoms with E-state index in [1.807, 2.05) is 5.32 Å². The molecule has 0 aliphatic heterocycles. The fourth-order valence-corrected chi connectivity index (χ4v) is 6.15. The summed E-state index contributed by atoms with van der Waals surface area (Å²) >= 11 is 18.0. The molecule has 0 aromatic carbocycles. The maximum Gasteiger partial charge on any atom is 0.407 e. The van der Waals surface area contributed by atoms with Crippen molar-refractivity contribution < 1.29 is 58.4 Å². The number of primary amides is 1. The van der Waals surface area contributed by atoms with Gasteiger partial charge in [0, 0.05) is 12.2 Å². The molecular weight excluding hydrogens is 821 g/mol. The molecule has 0 fully saturated rings. The summed E-state index contributed by atoms with van der Waals surface area (Å²) in [5.74, 6) is -5.97. The number of nitrogens with two attached hydrogens (primary N) is 1. The minimum atomic E-state index is -1.95.